The number of fused-ring (bicyclic) bond motifs is 1. The molecule has 5 nitrogen and oxygen atoms in total. The molecule has 0 spiro atoms. The van der Waals surface area contributed by atoms with E-state index in [0.717, 1.165) is 22.4 Å². The lowest BCUT2D eigenvalue weighted by atomic mass is 9.97. The predicted octanol–water partition coefficient (Wildman–Crippen LogP) is 4.30. The fourth-order valence-electron chi connectivity index (χ4n) is 3.63. The van der Waals surface area contributed by atoms with Crippen LogP contribution < -0.4 is 5.32 Å². The van der Waals surface area contributed by atoms with Gasteiger partial charge in [-0.3, -0.25) is 9.67 Å². The Kier molecular flexibility index (Phi) is 5.07. The van der Waals surface area contributed by atoms with Crippen LogP contribution in [-0.2, 0) is 13.1 Å². The van der Waals surface area contributed by atoms with Gasteiger partial charge in [-0.05, 0) is 36.2 Å². The van der Waals surface area contributed by atoms with Crippen LogP contribution in [0.15, 0.2) is 48.8 Å². The van der Waals surface area contributed by atoms with Crippen molar-refractivity contribution in [1.82, 2.24) is 20.1 Å². The van der Waals surface area contributed by atoms with E-state index in [1.54, 1.807) is 35.3 Å². The Morgan fingerprint density at radius 1 is 1.17 bits per heavy atom. The molecule has 1 aliphatic heterocycles. The summed E-state index contributed by atoms with van der Waals surface area (Å²) in [5.74, 6) is 0. The van der Waals surface area contributed by atoms with Gasteiger partial charge in [-0.1, -0.05) is 12.1 Å². The summed E-state index contributed by atoms with van der Waals surface area (Å²) in [4.78, 5) is 4.06. The van der Waals surface area contributed by atoms with E-state index in [4.69, 9.17) is 5.10 Å². The summed E-state index contributed by atoms with van der Waals surface area (Å²) < 4.78 is 39.6. The summed E-state index contributed by atoms with van der Waals surface area (Å²) in [5.41, 5.74) is 4.77. The molecule has 1 aromatic carbocycles. The zero-order valence-electron chi connectivity index (χ0n) is 15.4. The SMILES string of the molecule is N#Cc1cccc(-c2nn3c(c2-c2ccncc2)CN[C@H](CCC(F)(F)F)C3)c1. The van der Waals surface area contributed by atoms with Crippen molar-refractivity contribution in [2.75, 3.05) is 0 Å². The van der Waals surface area contributed by atoms with Crippen molar-refractivity contribution >= 4 is 0 Å². The Morgan fingerprint density at radius 3 is 2.69 bits per heavy atom. The Balaban J connectivity index is 1.75. The maximum atomic E-state index is 12.6. The van der Waals surface area contributed by atoms with Gasteiger partial charge in [0.15, 0.2) is 0 Å². The Hall–Kier alpha value is -3.18. The number of rotatable bonds is 4. The van der Waals surface area contributed by atoms with E-state index in [0.29, 0.717) is 24.3 Å². The molecule has 0 saturated carbocycles. The fourth-order valence-corrected chi connectivity index (χ4v) is 3.63. The monoisotopic (exact) mass is 397 g/mol. The molecule has 2 aromatic heterocycles. The summed E-state index contributed by atoms with van der Waals surface area (Å²) in [7, 11) is 0. The van der Waals surface area contributed by atoms with Crippen molar-refractivity contribution in [3.63, 3.8) is 0 Å². The third-order valence-corrected chi connectivity index (χ3v) is 5.02. The lowest BCUT2D eigenvalue weighted by Crippen LogP contribution is -2.39. The highest BCUT2D eigenvalue weighted by molar-refractivity contribution is 5.83. The van der Waals surface area contributed by atoms with E-state index in [1.165, 1.54) is 0 Å². The molecule has 0 radical (unpaired) electrons. The summed E-state index contributed by atoms with van der Waals surface area (Å²) in [5, 5.41) is 17.2. The first-order valence-corrected chi connectivity index (χ1v) is 9.25. The molecule has 148 valence electrons. The van der Waals surface area contributed by atoms with Crippen molar-refractivity contribution in [3.05, 3.63) is 60.0 Å². The summed E-state index contributed by atoms with van der Waals surface area (Å²) >= 11 is 0. The fraction of sp³-hybridized carbons (Fsp3) is 0.286. The second-order valence-corrected chi connectivity index (χ2v) is 7.01. The van der Waals surface area contributed by atoms with Crippen LogP contribution in [0.4, 0.5) is 13.2 Å². The number of aromatic nitrogens is 3. The standard InChI is InChI=1S/C21H18F3N5/c22-21(23,24)7-4-17-13-29-18(12-27-17)19(15-5-8-26-9-6-15)20(28-29)16-3-1-2-14(10-16)11-25/h1-3,5-6,8-10,17,27H,4,7,12-13H2/t17-/m1/s1. The number of halogens is 3. The summed E-state index contributed by atoms with van der Waals surface area (Å²) in [6, 6.07) is 12.8. The Morgan fingerprint density at radius 2 is 1.97 bits per heavy atom. The number of hydrogen-bond acceptors (Lipinski definition) is 4. The normalized spacial score (nSPS) is 16.3. The maximum absolute atomic E-state index is 12.6. The molecule has 3 heterocycles. The van der Waals surface area contributed by atoms with Crippen LogP contribution in [-0.4, -0.2) is 27.0 Å². The van der Waals surface area contributed by atoms with E-state index in [-0.39, 0.29) is 12.5 Å². The van der Waals surface area contributed by atoms with Crippen molar-refractivity contribution in [1.29, 1.82) is 5.26 Å². The Labute approximate surface area is 165 Å². The highest BCUT2D eigenvalue weighted by atomic mass is 19.4. The molecule has 0 fully saturated rings. The molecule has 0 saturated heterocycles. The van der Waals surface area contributed by atoms with Crippen molar-refractivity contribution in [2.45, 2.75) is 38.1 Å². The largest absolute Gasteiger partial charge is 0.389 e. The summed E-state index contributed by atoms with van der Waals surface area (Å²) in [6.07, 6.45) is -1.60. The first-order chi connectivity index (χ1) is 13.9. The van der Waals surface area contributed by atoms with E-state index < -0.39 is 12.6 Å². The van der Waals surface area contributed by atoms with Gasteiger partial charge >= 0.3 is 6.18 Å². The van der Waals surface area contributed by atoms with Crippen LogP contribution in [0.1, 0.15) is 24.1 Å². The van der Waals surface area contributed by atoms with Crippen LogP contribution in [0.5, 0.6) is 0 Å². The predicted molar refractivity (Wildman–Crippen MR) is 102 cm³/mol. The van der Waals surface area contributed by atoms with Gasteiger partial charge in [0, 0.05) is 42.5 Å². The highest BCUT2D eigenvalue weighted by Gasteiger charge is 2.31. The van der Waals surface area contributed by atoms with E-state index in [1.807, 2.05) is 18.2 Å². The molecule has 29 heavy (non-hydrogen) atoms. The van der Waals surface area contributed by atoms with Gasteiger partial charge in [-0.2, -0.15) is 23.5 Å². The molecule has 1 N–H and O–H groups in total. The molecule has 0 aliphatic carbocycles. The molecule has 8 heteroatoms. The molecule has 1 aliphatic rings. The number of nitrogens with one attached hydrogen (secondary N) is 1. The average Bonchev–Trinajstić information content (AvgIpc) is 3.11. The Bertz CT molecular complexity index is 1050. The van der Waals surface area contributed by atoms with E-state index in [2.05, 4.69) is 16.4 Å². The zero-order chi connectivity index (χ0) is 20.4. The van der Waals surface area contributed by atoms with Gasteiger partial charge in [-0.25, -0.2) is 0 Å². The first-order valence-electron chi connectivity index (χ1n) is 9.25. The van der Waals surface area contributed by atoms with Crippen molar-refractivity contribution < 1.29 is 13.2 Å². The maximum Gasteiger partial charge on any atom is 0.389 e. The molecule has 0 bridgehead atoms. The number of hydrogen-bond donors (Lipinski definition) is 1. The van der Waals surface area contributed by atoms with Crippen LogP contribution in [0.25, 0.3) is 22.4 Å². The van der Waals surface area contributed by atoms with Gasteiger partial charge in [-0.15, -0.1) is 0 Å². The molecular formula is C21H18F3N5. The van der Waals surface area contributed by atoms with Crippen molar-refractivity contribution in [2.24, 2.45) is 0 Å². The zero-order valence-corrected chi connectivity index (χ0v) is 15.4. The third-order valence-electron chi connectivity index (χ3n) is 5.02. The number of nitriles is 1. The number of pyridine rings is 1. The molecule has 4 rings (SSSR count). The van der Waals surface area contributed by atoms with Crippen molar-refractivity contribution in [3.8, 4) is 28.5 Å². The van der Waals surface area contributed by atoms with Gasteiger partial charge in [0.25, 0.3) is 0 Å². The lowest BCUT2D eigenvalue weighted by Gasteiger charge is -2.26. The first kappa shape index (κ1) is 19.2. The number of alkyl halides is 3. The minimum absolute atomic E-state index is 0.00659. The molecule has 3 aromatic rings. The van der Waals surface area contributed by atoms with Crippen LogP contribution in [0, 0.1) is 11.3 Å². The molecule has 1 atom stereocenters. The van der Waals surface area contributed by atoms with Crippen LogP contribution >= 0.6 is 0 Å². The molecule has 0 amide bonds. The number of nitrogens with zero attached hydrogens (tertiary/aromatic N) is 4. The second kappa shape index (κ2) is 7.68. The lowest BCUT2D eigenvalue weighted by molar-refractivity contribution is -0.137. The van der Waals surface area contributed by atoms with Gasteiger partial charge in [0.1, 0.15) is 5.69 Å². The van der Waals surface area contributed by atoms with Gasteiger partial charge in [0.05, 0.1) is 23.9 Å². The second-order valence-electron chi connectivity index (χ2n) is 7.01. The third kappa shape index (κ3) is 4.15. The average molecular weight is 397 g/mol. The van der Waals surface area contributed by atoms with Gasteiger partial charge in [0.2, 0.25) is 0 Å². The minimum atomic E-state index is -4.17. The summed E-state index contributed by atoms with van der Waals surface area (Å²) in [6.45, 7) is 0.784. The highest BCUT2D eigenvalue weighted by Crippen LogP contribution is 2.36. The molecular weight excluding hydrogens is 379 g/mol. The smallest absolute Gasteiger partial charge is 0.307 e. The van der Waals surface area contributed by atoms with E-state index in [9.17, 15) is 18.4 Å². The van der Waals surface area contributed by atoms with Crippen LogP contribution in [0.2, 0.25) is 0 Å². The quantitative estimate of drug-likeness (QED) is 0.713. The number of benzene rings is 1. The van der Waals surface area contributed by atoms with E-state index >= 15 is 0 Å². The van der Waals surface area contributed by atoms with Gasteiger partial charge < -0.3 is 5.32 Å². The van der Waals surface area contributed by atoms with Crippen LogP contribution in [0.3, 0.4) is 0 Å². The topological polar surface area (TPSA) is 66.5 Å². The minimum Gasteiger partial charge on any atom is -0.307 e. The molecule has 0 unspecified atom stereocenters.